The Labute approximate surface area is 199 Å². The minimum absolute atomic E-state index is 0.167. The average molecular weight is 462 g/mol. The summed E-state index contributed by atoms with van der Waals surface area (Å²) in [6.45, 7) is 6.23. The zero-order valence-corrected chi connectivity index (χ0v) is 19.4. The molecule has 1 aliphatic rings. The molecule has 0 saturated carbocycles. The van der Waals surface area contributed by atoms with Crippen molar-refractivity contribution in [2.45, 2.75) is 25.6 Å². The summed E-state index contributed by atoms with van der Waals surface area (Å²) in [5.41, 5.74) is 10.8. The molecule has 0 spiro atoms. The first-order chi connectivity index (χ1) is 16.5. The van der Waals surface area contributed by atoms with E-state index in [-0.39, 0.29) is 12.5 Å². The number of carbonyl (C=O) groups is 1. The molecule has 0 aliphatic carbocycles. The molecule has 0 radical (unpaired) electrons. The Morgan fingerprint density at radius 1 is 1.03 bits per heavy atom. The second-order valence-electron chi connectivity index (χ2n) is 8.51. The lowest BCUT2D eigenvalue weighted by molar-refractivity contribution is 0.0342. The van der Waals surface area contributed by atoms with Gasteiger partial charge in [0.15, 0.2) is 0 Å². The molecule has 34 heavy (non-hydrogen) atoms. The molecule has 0 unspecified atom stereocenters. The largest absolute Gasteiger partial charge is 0.391 e. The van der Waals surface area contributed by atoms with Gasteiger partial charge in [-0.3, -0.25) is 19.7 Å². The Hall–Kier alpha value is -3.17. The smallest absolute Gasteiger partial charge is 0.251 e. The number of hydrogen-bond acceptors (Lipinski definition) is 7. The number of amides is 1. The molecular formula is C26H31N5O3. The standard InChI is InChI=1S/C26H31N5O3/c1-18(32)23(14-27)30-26(33)22-8-6-21(7-9-22)25-16-28-24(15-29-25)20-4-2-19(3-5-20)17-31-10-12-34-13-11-31/h2-9,15-16,18,23,32H,10-14,17,27H2,1H3,(H,30,33)/t18-,23-/m1/s1. The third kappa shape index (κ3) is 6.03. The summed E-state index contributed by atoms with van der Waals surface area (Å²) in [6.07, 6.45) is 2.79. The van der Waals surface area contributed by atoms with Crippen LogP contribution in [0.4, 0.5) is 0 Å². The second-order valence-corrected chi connectivity index (χ2v) is 8.51. The van der Waals surface area contributed by atoms with E-state index in [1.165, 1.54) is 5.56 Å². The van der Waals surface area contributed by atoms with Gasteiger partial charge < -0.3 is 20.9 Å². The van der Waals surface area contributed by atoms with E-state index < -0.39 is 12.1 Å². The van der Waals surface area contributed by atoms with Crippen molar-refractivity contribution < 1.29 is 14.6 Å². The van der Waals surface area contributed by atoms with Crippen LogP contribution in [0.2, 0.25) is 0 Å². The normalized spacial score (nSPS) is 16.1. The Morgan fingerprint density at radius 2 is 1.59 bits per heavy atom. The van der Waals surface area contributed by atoms with Crippen LogP contribution in [0, 0.1) is 0 Å². The van der Waals surface area contributed by atoms with Gasteiger partial charge in [0, 0.05) is 42.9 Å². The number of carbonyl (C=O) groups excluding carboxylic acids is 1. The quantitative estimate of drug-likeness (QED) is 0.471. The summed E-state index contributed by atoms with van der Waals surface area (Å²) in [7, 11) is 0. The van der Waals surface area contributed by atoms with E-state index in [1.807, 2.05) is 12.1 Å². The fourth-order valence-electron chi connectivity index (χ4n) is 3.85. The van der Waals surface area contributed by atoms with Gasteiger partial charge in [-0.15, -0.1) is 0 Å². The first-order valence-electron chi connectivity index (χ1n) is 11.5. The summed E-state index contributed by atoms with van der Waals surface area (Å²) in [6, 6.07) is 15.1. The monoisotopic (exact) mass is 461 g/mol. The van der Waals surface area contributed by atoms with Crippen molar-refractivity contribution in [1.82, 2.24) is 20.2 Å². The lowest BCUT2D eigenvalue weighted by Crippen LogP contribution is -2.46. The van der Waals surface area contributed by atoms with Gasteiger partial charge in [-0.05, 0) is 24.6 Å². The van der Waals surface area contributed by atoms with Crippen LogP contribution in [0.25, 0.3) is 22.5 Å². The molecule has 2 aromatic carbocycles. The van der Waals surface area contributed by atoms with Crippen LogP contribution in [0.1, 0.15) is 22.8 Å². The fraction of sp³-hybridized carbons (Fsp3) is 0.346. The zero-order chi connectivity index (χ0) is 23.9. The van der Waals surface area contributed by atoms with Crippen molar-refractivity contribution in [1.29, 1.82) is 0 Å². The molecule has 1 saturated heterocycles. The van der Waals surface area contributed by atoms with Gasteiger partial charge in [0.1, 0.15) is 0 Å². The number of aromatic nitrogens is 2. The molecule has 4 N–H and O–H groups in total. The molecule has 8 nitrogen and oxygen atoms in total. The van der Waals surface area contributed by atoms with E-state index in [0.29, 0.717) is 5.56 Å². The van der Waals surface area contributed by atoms with Crippen LogP contribution in [0.3, 0.4) is 0 Å². The molecular weight excluding hydrogens is 430 g/mol. The van der Waals surface area contributed by atoms with Crippen molar-refractivity contribution in [3.05, 3.63) is 72.1 Å². The van der Waals surface area contributed by atoms with Crippen LogP contribution in [-0.4, -0.2) is 70.9 Å². The number of rotatable bonds is 8. The number of hydrogen-bond donors (Lipinski definition) is 3. The van der Waals surface area contributed by atoms with Crippen LogP contribution in [0.5, 0.6) is 0 Å². The number of ether oxygens (including phenoxy) is 1. The van der Waals surface area contributed by atoms with Gasteiger partial charge in [0.2, 0.25) is 0 Å². The summed E-state index contributed by atoms with van der Waals surface area (Å²) in [5, 5.41) is 12.4. The number of aliphatic hydroxyl groups is 1. The van der Waals surface area contributed by atoms with E-state index in [1.54, 1.807) is 31.5 Å². The number of nitrogens with two attached hydrogens (primary N) is 1. The molecule has 8 heteroatoms. The van der Waals surface area contributed by atoms with E-state index in [9.17, 15) is 9.90 Å². The summed E-state index contributed by atoms with van der Waals surface area (Å²) < 4.78 is 5.41. The van der Waals surface area contributed by atoms with Crippen molar-refractivity contribution in [2.75, 3.05) is 32.8 Å². The number of aliphatic hydroxyl groups excluding tert-OH is 1. The highest BCUT2D eigenvalue weighted by molar-refractivity contribution is 5.94. The number of nitrogens with zero attached hydrogens (tertiary/aromatic N) is 3. The Balaban J connectivity index is 1.39. The van der Waals surface area contributed by atoms with Gasteiger partial charge in [-0.2, -0.15) is 0 Å². The third-order valence-electron chi connectivity index (χ3n) is 6.01. The maximum atomic E-state index is 12.4. The maximum absolute atomic E-state index is 12.4. The lowest BCUT2D eigenvalue weighted by Gasteiger charge is -2.26. The lowest BCUT2D eigenvalue weighted by atomic mass is 10.1. The van der Waals surface area contributed by atoms with Crippen LogP contribution in [-0.2, 0) is 11.3 Å². The van der Waals surface area contributed by atoms with Gasteiger partial charge in [0.25, 0.3) is 5.91 Å². The fourth-order valence-corrected chi connectivity index (χ4v) is 3.85. The van der Waals surface area contributed by atoms with Crippen LogP contribution in [0.15, 0.2) is 60.9 Å². The van der Waals surface area contributed by atoms with Gasteiger partial charge in [-0.1, -0.05) is 36.4 Å². The van der Waals surface area contributed by atoms with Crippen molar-refractivity contribution >= 4 is 5.91 Å². The minimum atomic E-state index is -0.719. The summed E-state index contributed by atoms with van der Waals surface area (Å²) in [5.74, 6) is -0.276. The molecule has 1 amide bonds. The topological polar surface area (TPSA) is 114 Å². The van der Waals surface area contributed by atoms with Gasteiger partial charge >= 0.3 is 0 Å². The molecule has 178 valence electrons. The third-order valence-corrected chi connectivity index (χ3v) is 6.01. The van der Waals surface area contributed by atoms with Crippen LogP contribution < -0.4 is 11.1 Å². The minimum Gasteiger partial charge on any atom is -0.391 e. The number of morpholine rings is 1. The van der Waals surface area contributed by atoms with Crippen molar-refractivity contribution in [3.8, 4) is 22.5 Å². The predicted octanol–water partition coefficient (Wildman–Crippen LogP) is 2.08. The molecule has 0 bridgehead atoms. The zero-order valence-electron chi connectivity index (χ0n) is 19.4. The Morgan fingerprint density at radius 3 is 2.09 bits per heavy atom. The second kappa shape index (κ2) is 11.3. The first kappa shape index (κ1) is 24.0. The maximum Gasteiger partial charge on any atom is 0.251 e. The molecule has 2 atom stereocenters. The highest BCUT2D eigenvalue weighted by Crippen LogP contribution is 2.21. The predicted molar refractivity (Wildman–Crippen MR) is 131 cm³/mol. The molecule has 3 aromatic rings. The number of benzene rings is 2. The van der Waals surface area contributed by atoms with Gasteiger partial charge in [0.05, 0.1) is 49.1 Å². The molecule has 1 aliphatic heterocycles. The van der Waals surface area contributed by atoms with Crippen molar-refractivity contribution in [2.24, 2.45) is 5.73 Å². The molecule has 1 aromatic heterocycles. The van der Waals surface area contributed by atoms with Gasteiger partial charge in [-0.25, -0.2) is 0 Å². The summed E-state index contributed by atoms with van der Waals surface area (Å²) in [4.78, 5) is 23.9. The molecule has 4 rings (SSSR count). The van der Waals surface area contributed by atoms with Crippen molar-refractivity contribution in [3.63, 3.8) is 0 Å². The molecule has 1 fully saturated rings. The van der Waals surface area contributed by atoms with E-state index in [4.69, 9.17) is 10.5 Å². The van der Waals surface area contributed by atoms with E-state index in [0.717, 1.165) is 55.4 Å². The van der Waals surface area contributed by atoms with E-state index in [2.05, 4.69) is 44.5 Å². The average Bonchev–Trinajstić information content (AvgIpc) is 2.88. The van der Waals surface area contributed by atoms with E-state index >= 15 is 0 Å². The summed E-state index contributed by atoms with van der Waals surface area (Å²) >= 11 is 0. The Kier molecular flexibility index (Phi) is 7.97. The highest BCUT2D eigenvalue weighted by Gasteiger charge is 2.17. The first-order valence-corrected chi connectivity index (χ1v) is 11.5. The highest BCUT2D eigenvalue weighted by atomic mass is 16.5. The Bertz CT molecular complexity index is 1060. The van der Waals surface area contributed by atoms with Crippen LogP contribution >= 0.6 is 0 Å². The number of nitrogens with one attached hydrogen (secondary N) is 1. The molecule has 2 heterocycles. The SMILES string of the molecule is C[C@@H](O)[C@@H](CN)NC(=O)c1ccc(-c2cnc(-c3ccc(CN4CCOCC4)cc3)cn2)cc1.